The Morgan fingerprint density at radius 1 is 1.27 bits per heavy atom. The normalized spacial score (nSPS) is 50.7. The highest BCUT2D eigenvalue weighted by molar-refractivity contribution is 4.82. The van der Waals surface area contributed by atoms with E-state index in [2.05, 4.69) is 6.92 Å². The Morgan fingerprint density at radius 3 is 2.91 bits per heavy atom. The van der Waals surface area contributed by atoms with Crippen LogP contribution in [0.5, 0.6) is 0 Å². The van der Waals surface area contributed by atoms with Gasteiger partial charge in [0.2, 0.25) is 0 Å². The van der Waals surface area contributed by atoms with Crippen LogP contribution in [0.4, 0.5) is 0 Å². The molecular formula is C8H14O3. The van der Waals surface area contributed by atoms with E-state index in [0.717, 1.165) is 6.61 Å². The fourth-order valence-corrected chi connectivity index (χ4v) is 1.53. The van der Waals surface area contributed by atoms with Gasteiger partial charge in [0, 0.05) is 5.92 Å². The predicted octanol–water partition coefficient (Wildman–Crippen LogP) is 0.784. The van der Waals surface area contributed by atoms with Gasteiger partial charge in [0.25, 0.3) is 0 Å². The van der Waals surface area contributed by atoms with Gasteiger partial charge < -0.3 is 14.2 Å². The van der Waals surface area contributed by atoms with Gasteiger partial charge in [0.15, 0.2) is 5.79 Å². The third-order valence-electron chi connectivity index (χ3n) is 2.52. The monoisotopic (exact) mass is 158 g/mol. The van der Waals surface area contributed by atoms with Crippen LogP contribution in [0.1, 0.15) is 13.8 Å². The molecule has 0 aromatic rings. The first-order chi connectivity index (χ1) is 5.21. The van der Waals surface area contributed by atoms with Gasteiger partial charge in [0.05, 0.1) is 19.8 Å². The first-order valence-corrected chi connectivity index (χ1v) is 4.10. The molecule has 0 N–H and O–H groups in total. The Kier molecular flexibility index (Phi) is 1.67. The molecule has 2 heterocycles. The molecule has 2 fully saturated rings. The highest BCUT2D eigenvalue weighted by Crippen LogP contribution is 2.33. The highest BCUT2D eigenvalue weighted by Gasteiger charge is 2.44. The minimum absolute atomic E-state index is 0.157. The molecule has 11 heavy (non-hydrogen) atoms. The van der Waals surface area contributed by atoms with E-state index in [9.17, 15) is 0 Å². The van der Waals surface area contributed by atoms with Crippen LogP contribution in [0.15, 0.2) is 0 Å². The minimum atomic E-state index is -0.388. The summed E-state index contributed by atoms with van der Waals surface area (Å²) in [5.41, 5.74) is 0. The van der Waals surface area contributed by atoms with Crippen molar-refractivity contribution < 1.29 is 14.2 Å². The molecule has 3 atom stereocenters. The summed E-state index contributed by atoms with van der Waals surface area (Å²) in [7, 11) is 0. The van der Waals surface area contributed by atoms with Gasteiger partial charge in [-0.3, -0.25) is 0 Å². The van der Waals surface area contributed by atoms with Crippen LogP contribution < -0.4 is 0 Å². The Morgan fingerprint density at radius 2 is 2.09 bits per heavy atom. The van der Waals surface area contributed by atoms with E-state index in [1.807, 2.05) is 6.92 Å². The summed E-state index contributed by atoms with van der Waals surface area (Å²) >= 11 is 0. The van der Waals surface area contributed by atoms with Crippen molar-refractivity contribution in [2.75, 3.05) is 19.8 Å². The summed E-state index contributed by atoms with van der Waals surface area (Å²) < 4.78 is 16.6. The van der Waals surface area contributed by atoms with E-state index < -0.39 is 0 Å². The van der Waals surface area contributed by atoms with Crippen LogP contribution in [-0.4, -0.2) is 31.7 Å². The Hall–Kier alpha value is -0.120. The SMILES string of the molecule is CC1COCC2COC1(C)O2. The van der Waals surface area contributed by atoms with Gasteiger partial charge in [-0.1, -0.05) is 6.92 Å². The molecular weight excluding hydrogens is 144 g/mol. The number of hydrogen-bond donors (Lipinski definition) is 0. The van der Waals surface area contributed by atoms with Gasteiger partial charge in [-0.15, -0.1) is 0 Å². The van der Waals surface area contributed by atoms with Crippen molar-refractivity contribution in [2.45, 2.75) is 25.7 Å². The van der Waals surface area contributed by atoms with Crippen molar-refractivity contribution in [2.24, 2.45) is 5.92 Å². The van der Waals surface area contributed by atoms with Crippen LogP contribution in [0.2, 0.25) is 0 Å². The van der Waals surface area contributed by atoms with Gasteiger partial charge in [-0.05, 0) is 6.92 Å². The molecule has 2 aliphatic heterocycles. The molecule has 2 bridgehead atoms. The first kappa shape index (κ1) is 7.53. The van der Waals surface area contributed by atoms with Crippen LogP contribution in [0, 0.1) is 5.92 Å². The Bertz CT molecular complexity index is 157. The second-order valence-corrected chi connectivity index (χ2v) is 3.51. The quantitative estimate of drug-likeness (QED) is 0.521. The van der Waals surface area contributed by atoms with E-state index in [1.54, 1.807) is 0 Å². The molecule has 0 amide bonds. The second-order valence-electron chi connectivity index (χ2n) is 3.51. The maximum atomic E-state index is 5.67. The topological polar surface area (TPSA) is 27.7 Å². The Labute approximate surface area is 66.6 Å². The molecule has 0 radical (unpaired) electrons. The molecule has 0 saturated carbocycles. The maximum absolute atomic E-state index is 5.67. The third-order valence-corrected chi connectivity index (χ3v) is 2.52. The van der Waals surface area contributed by atoms with Crippen LogP contribution in [0.3, 0.4) is 0 Å². The number of rotatable bonds is 0. The smallest absolute Gasteiger partial charge is 0.170 e. The first-order valence-electron chi connectivity index (χ1n) is 4.10. The molecule has 3 heteroatoms. The van der Waals surface area contributed by atoms with Crippen molar-refractivity contribution in [3.05, 3.63) is 0 Å². The Balaban J connectivity index is 2.15. The van der Waals surface area contributed by atoms with Gasteiger partial charge >= 0.3 is 0 Å². The summed E-state index contributed by atoms with van der Waals surface area (Å²) in [5, 5.41) is 0. The molecule has 2 rings (SSSR count). The summed E-state index contributed by atoms with van der Waals surface area (Å²) in [5.74, 6) is -0.0590. The molecule has 0 aromatic carbocycles. The number of hydrogen-bond acceptors (Lipinski definition) is 3. The van der Waals surface area contributed by atoms with Crippen molar-refractivity contribution in [3.63, 3.8) is 0 Å². The van der Waals surface area contributed by atoms with Crippen LogP contribution in [-0.2, 0) is 14.2 Å². The zero-order valence-electron chi connectivity index (χ0n) is 7.00. The summed E-state index contributed by atoms with van der Waals surface area (Å²) in [6.07, 6.45) is 0.157. The van der Waals surface area contributed by atoms with E-state index in [-0.39, 0.29) is 11.9 Å². The van der Waals surface area contributed by atoms with Crippen molar-refractivity contribution >= 4 is 0 Å². The average Bonchev–Trinajstić information content (AvgIpc) is 2.26. The van der Waals surface area contributed by atoms with E-state index in [4.69, 9.17) is 14.2 Å². The van der Waals surface area contributed by atoms with Crippen LogP contribution >= 0.6 is 0 Å². The van der Waals surface area contributed by atoms with Crippen molar-refractivity contribution in [1.82, 2.24) is 0 Å². The minimum Gasteiger partial charge on any atom is -0.378 e. The van der Waals surface area contributed by atoms with E-state index in [0.29, 0.717) is 19.1 Å². The molecule has 3 nitrogen and oxygen atoms in total. The molecule has 0 aromatic heterocycles. The molecule has 2 saturated heterocycles. The van der Waals surface area contributed by atoms with Gasteiger partial charge in [-0.2, -0.15) is 0 Å². The van der Waals surface area contributed by atoms with Gasteiger partial charge in [0.1, 0.15) is 6.10 Å². The molecule has 64 valence electrons. The van der Waals surface area contributed by atoms with Gasteiger partial charge in [-0.25, -0.2) is 0 Å². The molecule has 0 aliphatic carbocycles. The third kappa shape index (κ3) is 1.17. The predicted molar refractivity (Wildman–Crippen MR) is 39.2 cm³/mol. The highest BCUT2D eigenvalue weighted by atomic mass is 16.8. The second kappa shape index (κ2) is 2.44. The summed E-state index contributed by atoms with van der Waals surface area (Å²) in [4.78, 5) is 0. The average molecular weight is 158 g/mol. The lowest BCUT2D eigenvalue weighted by Crippen LogP contribution is -2.35. The van der Waals surface area contributed by atoms with Crippen LogP contribution in [0.25, 0.3) is 0 Å². The lowest BCUT2D eigenvalue weighted by atomic mass is 10.0. The number of fused-ring (bicyclic) bond motifs is 2. The fourth-order valence-electron chi connectivity index (χ4n) is 1.53. The lowest BCUT2D eigenvalue weighted by molar-refractivity contribution is -0.181. The summed E-state index contributed by atoms with van der Waals surface area (Å²) in [6.45, 7) is 6.19. The van der Waals surface area contributed by atoms with Crippen molar-refractivity contribution in [3.8, 4) is 0 Å². The summed E-state index contributed by atoms with van der Waals surface area (Å²) in [6, 6.07) is 0. The van der Waals surface area contributed by atoms with Crippen molar-refractivity contribution in [1.29, 1.82) is 0 Å². The standard InChI is InChI=1S/C8H14O3/c1-6-3-9-4-7-5-10-8(6,2)11-7/h6-7H,3-5H2,1-2H3. The molecule has 3 unspecified atom stereocenters. The molecule has 0 spiro atoms. The zero-order chi connectivity index (χ0) is 7.90. The number of ether oxygens (including phenoxy) is 3. The lowest BCUT2D eigenvalue weighted by Gasteiger charge is -2.27. The molecule has 2 aliphatic rings. The van der Waals surface area contributed by atoms with E-state index in [1.165, 1.54) is 0 Å². The zero-order valence-corrected chi connectivity index (χ0v) is 7.00. The van der Waals surface area contributed by atoms with E-state index >= 15 is 0 Å². The fraction of sp³-hybridized carbons (Fsp3) is 1.00. The maximum Gasteiger partial charge on any atom is 0.170 e. The largest absolute Gasteiger partial charge is 0.378 e.